The van der Waals surface area contributed by atoms with Crippen LogP contribution in [-0.2, 0) is 11.2 Å². The molecule has 0 aliphatic carbocycles. The second kappa shape index (κ2) is 6.25. The zero-order valence-electron chi connectivity index (χ0n) is 11.7. The van der Waals surface area contributed by atoms with Crippen molar-refractivity contribution in [2.75, 3.05) is 5.32 Å². The Morgan fingerprint density at radius 2 is 2.32 bits per heavy atom. The van der Waals surface area contributed by atoms with Crippen LogP contribution in [0.15, 0.2) is 36.2 Å². The summed E-state index contributed by atoms with van der Waals surface area (Å²) in [6, 6.07) is 5.19. The molecule has 3 rings (SSSR count). The lowest BCUT2D eigenvalue weighted by atomic mass is 10.2. The minimum absolute atomic E-state index is 0.158. The van der Waals surface area contributed by atoms with Crippen molar-refractivity contribution in [2.45, 2.75) is 13.3 Å². The van der Waals surface area contributed by atoms with Gasteiger partial charge in [-0.05, 0) is 25.1 Å². The summed E-state index contributed by atoms with van der Waals surface area (Å²) < 4.78 is 1.57. The number of anilines is 1. The maximum Gasteiger partial charge on any atom is 0.230 e. The minimum atomic E-state index is -0.158. The van der Waals surface area contributed by atoms with Crippen LogP contribution < -0.4 is 5.32 Å². The molecule has 112 valence electrons. The van der Waals surface area contributed by atoms with Gasteiger partial charge in [-0.1, -0.05) is 11.6 Å². The molecule has 0 radical (unpaired) electrons. The molecule has 0 spiro atoms. The van der Waals surface area contributed by atoms with E-state index in [9.17, 15) is 4.79 Å². The third-order valence-corrected chi connectivity index (χ3v) is 3.96. The molecule has 2 aromatic heterocycles. The summed E-state index contributed by atoms with van der Waals surface area (Å²) >= 11 is 7.54. The highest BCUT2D eigenvalue weighted by Crippen LogP contribution is 2.24. The van der Waals surface area contributed by atoms with Crippen molar-refractivity contribution in [2.24, 2.45) is 0 Å². The molecule has 0 saturated heterocycles. The summed E-state index contributed by atoms with van der Waals surface area (Å²) in [7, 11) is 0. The molecule has 0 bridgehead atoms. The minimum Gasteiger partial charge on any atom is -0.324 e. The average Bonchev–Trinajstić information content (AvgIpc) is 3.11. The summed E-state index contributed by atoms with van der Waals surface area (Å²) in [4.78, 5) is 20.4. The fourth-order valence-corrected chi connectivity index (χ4v) is 2.77. The number of carbonyl (C=O) groups is 1. The van der Waals surface area contributed by atoms with Gasteiger partial charge in [0.05, 0.1) is 28.5 Å². The molecular weight excluding hydrogens is 322 g/mol. The maximum atomic E-state index is 12.2. The highest BCUT2D eigenvalue weighted by atomic mass is 35.5. The lowest BCUT2D eigenvalue weighted by Crippen LogP contribution is -2.16. The van der Waals surface area contributed by atoms with Gasteiger partial charge in [0.15, 0.2) is 0 Å². The van der Waals surface area contributed by atoms with Crippen molar-refractivity contribution in [1.82, 2.24) is 19.7 Å². The summed E-state index contributed by atoms with van der Waals surface area (Å²) in [6.07, 6.45) is 3.20. The number of halogens is 1. The SMILES string of the molecule is Cc1nc(CC(=O)Nc2cc(Cl)ccc2-n2cncn2)cs1. The number of rotatable bonds is 4. The maximum absolute atomic E-state index is 12.2. The summed E-state index contributed by atoms with van der Waals surface area (Å²) in [5.74, 6) is -0.158. The number of thiazole rings is 1. The average molecular weight is 334 g/mol. The third-order valence-electron chi connectivity index (χ3n) is 2.91. The van der Waals surface area contributed by atoms with Gasteiger partial charge >= 0.3 is 0 Å². The Kier molecular flexibility index (Phi) is 4.17. The Morgan fingerprint density at radius 1 is 1.45 bits per heavy atom. The molecule has 1 aromatic carbocycles. The predicted molar refractivity (Wildman–Crippen MR) is 85.6 cm³/mol. The summed E-state index contributed by atoms with van der Waals surface area (Å²) in [6.45, 7) is 1.91. The molecule has 2 heterocycles. The van der Waals surface area contributed by atoms with E-state index in [1.54, 1.807) is 29.2 Å². The largest absolute Gasteiger partial charge is 0.324 e. The summed E-state index contributed by atoms with van der Waals surface area (Å²) in [5, 5.41) is 10.3. The van der Waals surface area contributed by atoms with Gasteiger partial charge in [0.1, 0.15) is 12.7 Å². The highest BCUT2D eigenvalue weighted by molar-refractivity contribution is 7.09. The fourth-order valence-electron chi connectivity index (χ4n) is 1.99. The van der Waals surface area contributed by atoms with Crippen molar-refractivity contribution >= 4 is 34.5 Å². The number of carbonyl (C=O) groups excluding carboxylic acids is 1. The van der Waals surface area contributed by atoms with E-state index in [0.717, 1.165) is 10.7 Å². The van der Waals surface area contributed by atoms with Crippen LogP contribution in [0.2, 0.25) is 5.02 Å². The van der Waals surface area contributed by atoms with Gasteiger partial charge in [-0.15, -0.1) is 11.3 Å². The van der Waals surface area contributed by atoms with Crippen LogP contribution in [0.3, 0.4) is 0 Å². The lowest BCUT2D eigenvalue weighted by Gasteiger charge is -2.11. The Balaban J connectivity index is 1.82. The highest BCUT2D eigenvalue weighted by Gasteiger charge is 2.12. The standard InChI is InChI=1S/C14H12ClN5OS/c1-9-18-11(6-22-9)5-14(21)19-12-4-10(15)2-3-13(12)20-8-16-7-17-20/h2-4,6-8H,5H2,1H3,(H,19,21). The number of aryl methyl sites for hydroxylation is 1. The number of amides is 1. The van der Waals surface area contributed by atoms with Gasteiger partial charge in [0, 0.05) is 10.4 Å². The second-order valence-corrected chi connectivity index (χ2v) is 6.08. The normalized spacial score (nSPS) is 10.6. The number of hydrogen-bond acceptors (Lipinski definition) is 5. The van der Waals surface area contributed by atoms with Crippen molar-refractivity contribution in [1.29, 1.82) is 0 Å². The molecule has 0 aliphatic rings. The van der Waals surface area contributed by atoms with Crippen molar-refractivity contribution in [3.8, 4) is 5.69 Å². The van der Waals surface area contributed by atoms with E-state index in [4.69, 9.17) is 11.6 Å². The molecule has 0 aliphatic heterocycles. The molecule has 6 nitrogen and oxygen atoms in total. The molecule has 0 fully saturated rings. The van der Waals surface area contributed by atoms with Gasteiger partial charge in [0.2, 0.25) is 5.91 Å². The summed E-state index contributed by atoms with van der Waals surface area (Å²) in [5.41, 5.74) is 2.03. The number of nitrogens with zero attached hydrogens (tertiary/aromatic N) is 4. The number of aromatic nitrogens is 4. The Hall–Kier alpha value is -2.25. The van der Waals surface area contributed by atoms with E-state index in [1.165, 1.54) is 17.7 Å². The zero-order chi connectivity index (χ0) is 15.5. The van der Waals surface area contributed by atoms with E-state index in [1.807, 2.05) is 12.3 Å². The van der Waals surface area contributed by atoms with Crippen LogP contribution in [0, 0.1) is 6.92 Å². The first-order chi connectivity index (χ1) is 10.6. The topological polar surface area (TPSA) is 72.7 Å². The van der Waals surface area contributed by atoms with Crippen molar-refractivity contribution < 1.29 is 4.79 Å². The van der Waals surface area contributed by atoms with Crippen LogP contribution in [0.25, 0.3) is 5.69 Å². The molecule has 0 saturated carbocycles. The van der Waals surface area contributed by atoms with Gasteiger partial charge in [-0.25, -0.2) is 14.6 Å². The van der Waals surface area contributed by atoms with Crippen molar-refractivity contribution in [3.05, 3.63) is 52.0 Å². The zero-order valence-corrected chi connectivity index (χ0v) is 13.2. The first kappa shape index (κ1) is 14.7. The monoisotopic (exact) mass is 333 g/mol. The molecule has 1 N–H and O–H groups in total. The molecule has 0 atom stereocenters. The van der Waals surface area contributed by atoms with E-state index in [2.05, 4.69) is 20.4 Å². The molecule has 0 unspecified atom stereocenters. The molecule has 8 heteroatoms. The number of benzene rings is 1. The number of nitrogens with one attached hydrogen (secondary N) is 1. The first-order valence-electron chi connectivity index (χ1n) is 6.47. The van der Waals surface area contributed by atoms with E-state index < -0.39 is 0 Å². The van der Waals surface area contributed by atoms with Gasteiger partial charge in [-0.3, -0.25) is 4.79 Å². The molecular formula is C14H12ClN5OS. The lowest BCUT2D eigenvalue weighted by molar-refractivity contribution is -0.115. The fraction of sp³-hybridized carbons (Fsp3) is 0.143. The van der Waals surface area contributed by atoms with Crippen LogP contribution in [-0.4, -0.2) is 25.7 Å². The first-order valence-corrected chi connectivity index (χ1v) is 7.73. The molecule has 3 aromatic rings. The second-order valence-electron chi connectivity index (χ2n) is 4.58. The quantitative estimate of drug-likeness (QED) is 0.796. The van der Waals surface area contributed by atoms with Crippen LogP contribution >= 0.6 is 22.9 Å². The van der Waals surface area contributed by atoms with Crippen LogP contribution in [0.5, 0.6) is 0 Å². The van der Waals surface area contributed by atoms with Gasteiger partial charge < -0.3 is 5.32 Å². The van der Waals surface area contributed by atoms with Gasteiger partial charge in [-0.2, -0.15) is 5.10 Å². The van der Waals surface area contributed by atoms with E-state index >= 15 is 0 Å². The van der Waals surface area contributed by atoms with E-state index in [0.29, 0.717) is 16.4 Å². The van der Waals surface area contributed by atoms with Crippen LogP contribution in [0.1, 0.15) is 10.7 Å². The van der Waals surface area contributed by atoms with E-state index in [-0.39, 0.29) is 12.3 Å². The molecule has 1 amide bonds. The number of hydrogen-bond donors (Lipinski definition) is 1. The Bertz CT molecular complexity index is 799. The van der Waals surface area contributed by atoms with Crippen molar-refractivity contribution in [3.63, 3.8) is 0 Å². The molecule has 22 heavy (non-hydrogen) atoms. The van der Waals surface area contributed by atoms with Crippen LogP contribution in [0.4, 0.5) is 5.69 Å². The third kappa shape index (κ3) is 3.32. The Labute approximate surface area is 135 Å². The predicted octanol–water partition coefficient (Wildman–Crippen LogP) is 2.87. The smallest absolute Gasteiger partial charge is 0.230 e. The van der Waals surface area contributed by atoms with Gasteiger partial charge in [0.25, 0.3) is 0 Å². The Morgan fingerprint density at radius 3 is 3.00 bits per heavy atom.